The van der Waals surface area contributed by atoms with Crippen molar-refractivity contribution in [1.29, 1.82) is 0 Å². The summed E-state index contributed by atoms with van der Waals surface area (Å²) >= 11 is 6.01. The largest absolute Gasteiger partial charge is 0.375 e. The van der Waals surface area contributed by atoms with E-state index >= 15 is 0 Å². The number of rotatable bonds is 3. The third kappa shape index (κ3) is 2.68. The quantitative estimate of drug-likeness (QED) is 0.938. The first kappa shape index (κ1) is 13.7. The van der Waals surface area contributed by atoms with Crippen molar-refractivity contribution in [2.75, 3.05) is 5.32 Å². The highest BCUT2D eigenvalue weighted by molar-refractivity contribution is 6.31. The maximum atomic E-state index is 13.4. The van der Waals surface area contributed by atoms with Crippen molar-refractivity contribution in [2.24, 2.45) is 7.05 Å². The Kier molecular flexibility index (Phi) is 3.71. The number of aromatic nitrogens is 2. The second kappa shape index (κ2) is 5.13. The van der Waals surface area contributed by atoms with Gasteiger partial charge in [-0.15, -0.1) is 0 Å². The number of aryl methyl sites for hydroxylation is 2. The Bertz CT molecular complexity index is 602. The fraction of sp³-hybridized carbons (Fsp3) is 0.250. The monoisotopic (exact) mass is 289 g/mol. The minimum Gasteiger partial charge on any atom is -0.375 e. The molecule has 0 radical (unpaired) electrons. The molecule has 102 valence electrons. The van der Waals surface area contributed by atoms with Gasteiger partial charge >= 0.3 is 0 Å². The molecule has 0 unspecified atom stereocenters. The minimum absolute atomic E-state index is 0.0790. The van der Waals surface area contributed by atoms with Crippen LogP contribution in [0.2, 0.25) is 5.02 Å². The van der Waals surface area contributed by atoms with Gasteiger partial charge in [-0.25, -0.2) is 13.2 Å². The Labute approximate surface area is 113 Å². The molecule has 3 nitrogen and oxygen atoms in total. The lowest BCUT2D eigenvalue weighted by Gasteiger charge is -2.09. The van der Waals surface area contributed by atoms with E-state index < -0.39 is 23.1 Å². The van der Waals surface area contributed by atoms with Crippen molar-refractivity contribution in [1.82, 2.24) is 9.78 Å². The number of hydrogen-bond acceptors (Lipinski definition) is 2. The molecular weight excluding hydrogens is 279 g/mol. The van der Waals surface area contributed by atoms with Gasteiger partial charge in [-0.1, -0.05) is 11.6 Å². The average molecular weight is 290 g/mol. The van der Waals surface area contributed by atoms with Gasteiger partial charge in [0.25, 0.3) is 0 Å². The zero-order valence-electron chi connectivity index (χ0n) is 10.3. The predicted molar refractivity (Wildman–Crippen MR) is 66.6 cm³/mol. The van der Waals surface area contributed by atoms with Crippen molar-refractivity contribution < 1.29 is 13.2 Å². The van der Waals surface area contributed by atoms with E-state index in [-0.39, 0.29) is 6.54 Å². The smallest absolute Gasteiger partial charge is 0.152 e. The first-order valence-electron chi connectivity index (χ1n) is 5.46. The van der Waals surface area contributed by atoms with Gasteiger partial charge in [0.1, 0.15) is 11.5 Å². The van der Waals surface area contributed by atoms with Crippen LogP contribution in [0.15, 0.2) is 12.1 Å². The second-order valence-electron chi connectivity index (χ2n) is 4.07. The molecule has 0 fully saturated rings. The predicted octanol–water partition coefficient (Wildman–Crippen LogP) is 3.41. The molecule has 1 N–H and O–H groups in total. The Morgan fingerprint density at radius 2 is 1.84 bits per heavy atom. The van der Waals surface area contributed by atoms with Crippen molar-refractivity contribution in [3.05, 3.63) is 46.0 Å². The Morgan fingerprint density at radius 1 is 1.26 bits per heavy atom. The van der Waals surface area contributed by atoms with Crippen LogP contribution in [0.4, 0.5) is 18.9 Å². The standard InChI is InChI=1S/C12H11ClF3N3/c1-6-11(13)10(19(2)18-6)5-17-12-8(15)3-7(14)4-9(12)16/h3-4,17H,5H2,1-2H3. The normalized spacial score (nSPS) is 10.8. The number of anilines is 1. The van der Waals surface area contributed by atoms with Crippen LogP contribution >= 0.6 is 11.6 Å². The first-order chi connectivity index (χ1) is 8.90. The van der Waals surface area contributed by atoms with E-state index in [9.17, 15) is 13.2 Å². The summed E-state index contributed by atoms with van der Waals surface area (Å²) in [6.45, 7) is 1.81. The van der Waals surface area contributed by atoms with Crippen molar-refractivity contribution >= 4 is 17.3 Å². The van der Waals surface area contributed by atoms with Gasteiger partial charge in [0.2, 0.25) is 0 Å². The Hall–Kier alpha value is -1.69. The second-order valence-corrected chi connectivity index (χ2v) is 4.45. The Balaban J connectivity index is 2.24. The van der Waals surface area contributed by atoms with Gasteiger partial charge in [-0.3, -0.25) is 4.68 Å². The summed E-state index contributed by atoms with van der Waals surface area (Å²) < 4.78 is 41.1. The summed E-state index contributed by atoms with van der Waals surface area (Å²) in [6.07, 6.45) is 0. The van der Waals surface area contributed by atoms with E-state index in [0.29, 0.717) is 28.5 Å². The topological polar surface area (TPSA) is 29.9 Å². The van der Waals surface area contributed by atoms with Crippen LogP contribution < -0.4 is 5.32 Å². The van der Waals surface area contributed by atoms with Gasteiger partial charge in [0.15, 0.2) is 11.6 Å². The summed E-state index contributed by atoms with van der Waals surface area (Å²) in [7, 11) is 1.67. The van der Waals surface area contributed by atoms with Crippen molar-refractivity contribution in [3.8, 4) is 0 Å². The molecule has 0 atom stereocenters. The molecule has 0 saturated heterocycles. The molecule has 1 aromatic carbocycles. The third-order valence-corrected chi connectivity index (χ3v) is 3.19. The van der Waals surface area contributed by atoms with E-state index in [0.717, 1.165) is 0 Å². The number of nitrogens with zero attached hydrogens (tertiary/aromatic N) is 2. The van der Waals surface area contributed by atoms with Crippen LogP contribution in [-0.4, -0.2) is 9.78 Å². The molecule has 2 rings (SSSR count). The van der Waals surface area contributed by atoms with Crippen LogP contribution in [0, 0.1) is 24.4 Å². The van der Waals surface area contributed by atoms with Crippen molar-refractivity contribution in [3.63, 3.8) is 0 Å². The molecule has 0 bridgehead atoms. The zero-order valence-corrected chi connectivity index (χ0v) is 11.0. The van der Waals surface area contributed by atoms with E-state index in [1.54, 1.807) is 14.0 Å². The lowest BCUT2D eigenvalue weighted by atomic mass is 10.2. The highest BCUT2D eigenvalue weighted by Gasteiger charge is 2.14. The summed E-state index contributed by atoms with van der Waals surface area (Å²) in [5.41, 5.74) is 0.819. The van der Waals surface area contributed by atoms with Gasteiger partial charge in [0.05, 0.1) is 23.0 Å². The molecule has 19 heavy (non-hydrogen) atoms. The number of hydrogen-bond donors (Lipinski definition) is 1. The van der Waals surface area contributed by atoms with Gasteiger partial charge in [-0.2, -0.15) is 5.10 Å². The zero-order chi connectivity index (χ0) is 14.2. The van der Waals surface area contributed by atoms with Crippen LogP contribution in [0.1, 0.15) is 11.4 Å². The highest BCUT2D eigenvalue weighted by Crippen LogP contribution is 2.24. The molecule has 0 aliphatic rings. The fourth-order valence-electron chi connectivity index (χ4n) is 1.76. The van der Waals surface area contributed by atoms with Crippen LogP contribution in [0.3, 0.4) is 0 Å². The van der Waals surface area contributed by atoms with E-state index in [1.165, 1.54) is 4.68 Å². The third-order valence-electron chi connectivity index (χ3n) is 2.70. The lowest BCUT2D eigenvalue weighted by molar-refractivity contribution is 0.546. The highest BCUT2D eigenvalue weighted by atomic mass is 35.5. The minimum atomic E-state index is -0.993. The molecule has 1 heterocycles. The van der Waals surface area contributed by atoms with Gasteiger partial charge in [-0.05, 0) is 6.92 Å². The van der Waals surface area contributed by atoms with Crippen LogP contribution in [-0.2, 0) is 13.6 Å². The summed E-state index contributed by atoms with van der Waals surface area (Å²) in [5.74, 6) is -2.95. The number of halogens is 4. The van der Waals surface area contributed by atoms with Gasteiger partial charge < -0.3 is 5.32 Å². The van der Waals surface area contributed by atoms with Crippen LogP contribution in [0.25, 0.3) is 0 Å². The molecule has 0 amide bonds. The number of nitrogens with one attached hydrogen (secondary N) is 1. The van der Waals surface area contributed by atoms with Crippen molar-refractivity contribution in [2.45, 2.75) is 13.5 Å². The maximum Gasteiger partial charge on any atom is 0.152 e. The van der Waals surface area contributed by atoms with Crippen LogP contribution in [0.5, 0.6) is 0 Å². The molecule has 0 aliphatic heterocycles. The molecule has 0 saturated carbocycles. The molecular formula is C12H11ClF3N3. The summed E-state index contributed by atoms with van der Waals surface area (Å²) in [5, 5.41) is 7.07. The van der Waals surface area contributed by atoms with E-state index in [1.807, 2.05) is 0 Å². The number of benzene rings is 1. The Morgan fingerprint density at radius 3 is 2.32 bits per heavy atom. The molecule has 7 heteroatoms. The lowest BCUT2D eigenvalue weighted by Crippen LogP contribution is -2.08. The molecule has 1 aromatic heterocycles. The molecule has 0 aliphatic carbocycles. The molecule has 0 spiro atoms. The summed E-state index contributed by atoms with van der Waals surface area (Å²) in [6, 6.07) is 1.23. The SMILES string of the molecule is Cc1nn(C)c(CNc2c(F)cc(F)cc2F)c1Cl. The van der Waals surface area contributed by atoms with E-state index in [4.69, 9.17) is 11.6 Å². The van der Waals surface area contributed by atoms with E-state index in [2.05, 4.69) is 10.4 Å². The first-order valence-corrected chi connectivity index (χ1v) is 5.84. The fourth-order valence-corrected chi connectivity index (χ4v) is 1.98. The average Bonchev–Trinajstić information content (AvgIpc) is 2.53. The molecule has 2 aromatic rings. The maximum absolute atomic E-state index is 13.4. The van der Waals surface area contributed by atoms with Gasteiger partial charge in [0, 0.05) is 19.2 Å². The summed E-state index contributed by atoms with van der Waals surface area (Å²) in [4.78, 5) is 0.